The Labute approximate surface area is 156 Å². The minimum Gasteiger partial charge on any atom is -0.444 e. The average molecular weight is 371 g/mol. The number of pyridine rings is 1. The first-order chi connectivity index (χ1) is 12.7. The Morgan fingerprint density at radius 1 is 1.26 bits per heavy atom. The third kappa shape index (κ3) is 4.05. The summed E-state index contributed by atoms with van der Waals surface area (Å²) >= 11 is 0. The van der Waals surface area contributed by atoms with Crippen molar-refractivity contribution in [3.63, 3.8) is 0 Å². The van der Waals surface area contributed by atoms with Crippen LogP contribution in [-0.2, 0) is 17.7 Å². The smallest absolute Gasteiger partial charge is 0.410 e. The molecule has 0 saturated heterocycles. The lowest BCUT2D eigenvalue weighted by molar-refractivity contribution is 0.0223. The van der Waals surface area contributed by atoms with Crippen LogP contribution in [0.5, 0.6) is 0 Å². The Bertz CT molecular complexity index is 945. The van der Waals surface area contributed by atoms with Crippen LogP contribution in [0.15, 0.2) is 24.3 Å². The number of hydrogen-bond acceptors (Lipinski definition) is 4. The van der Waals surface area contributed by atoms with E-state index in [1.807, 2.05) is 6.07 Å². The third-order valence-electron chi connectivity index (χ3n) is 4.14. The van der Waals surface area contributed by atoms with E-state index in [0.717, 1.165) is 23.4 Å². The van der Waals surface area contributed by atoms with Crippen molar-refractivity contribution in [1.29, 1.82) is 5.26 Å². The van der Waals surface area contributed by atoms with E-state index < -0.39 is 23.3 Å². The Morgan fingerprint density at radius 2 is 2.00 bits per heavy atom. The zero-order chi connectivity index (χ0) is 19.8. The number of hydrogen-bond donors (Lipinski definition) is 0. The molecule has 0 N–H and O–H groups in total. The predicted octanol–water partition coefficient (Wildman–Crippen LogP) is 4.19. The summed E-state index contributed by atoms with van der Waals surface area (Å²) in [6.45, 7) is 6.10. The molecule has 0 radical (unpaired) electrons. The summed E-state index contributed by atoms with van der Waals surface area (Å²) in [6, 6.07) is 7.13. The van der Waals surface area contributed by atoms with Crippen molar-refractivity contribution in [1.82, 2.24) is 9.88 Å². The van der Waals surface area contributed by atoms with E-state index in [4.69, 9.17) is 4.74 Å². The van der Waals surface area contributed by atoms with E-state index in [0.29, 0.717) is 24.2 Å². The van der Waals surface area contributed by atoms with Gasteiger partial charge >= 0.3 is 6.09 Å². The van der Waals surface area contributed by atoms with Crippen LogP contribution in [0.3, 0.4) is 0 Å². The Balaban J connectivity index is 1.93. The van der Waals surface area contributed by atoms with Crippen molar-refractivity contribution in [2.45, 2.75) is 39.3 Å². The molecular weight excluding hydrogens is 352 g/mol. The third-order valence-corrected chi connectivity index (χ3v) is 4.14. The van der Waals surface area contributed by atoms with E-state index in [-0.39, 0.29) is 12.1 Å². The molecule has 3 rings (SSSR count). The number of amides is 1. The number of ether oxygens (including phenoxy) is 1. The van der Waals surface area contributed by atoms with Gasteiger partial charge in [-0.2, -0.15) is 5.26 Å². The monoisotopic (exact) mass is 371 g/mol. The van der Waals surface area contributed by atoms with E-state index >= 15 is 0 Å². The van der Waals surface area contributed by atoms with E-state index in [1.165, 1.54) is 6.07 Å². The summed E-state index contributed by atoms with van der Waals surface area (Å²) in [7, 11) is 0. The number of nitriles is 1. The highest BCUT2D eigenvalue weighted by molar-refractivity contribution is 5.70. The van der Waals surface area contributed by atoms with Crippen molar-refractivity contribution in [3.05, 3.63) is 52.7 Å². The molecule has 140 valence electrons. The van der Waals surface area contributed by atoms with Crippen molar-refractivity contribution in [2.75, 3.05) is 6.54 Å². The van der Waals surface area contributed by atoms with E-state index in [2.05, 4.69) is 4.98 Å². The standard InChI is InChI=1S/C20H19F2N3O2/c1-20(2,3)27-19(26)25-7-6-17-14(11-25)8-13(10-23)18(24-17)12-4-5-15(21)16(22)9-12/h4-5,8-9H,6-7,11H2,1-3H3. The molecule has 27 heavy (non-hydrogen) atoms. The molecule has 7 heteroatoms. The molecule has 1 amide bonds. The van der Waals surface area contributed by atoms with Crippen LogP contribution in [0.1, 0.15) is 37.6 Å². The second-order valence-corrected chi connectivity index (χ2v) is 7.38. The van der Waals surface area contributed by atoms with Crippen LogP contribution in [-0.4, -0.2) is 28.1 Å². The van der Waals surface area contributed by atoms with Crippen LogP contribution in [0.2, 0.25) is 0 Å². The lowest BCUT2D eigenvalue weighted by Crippen LogP contribution is -2.40. The number of rotatable bonds is 1. The molecule has 1 aromatic carbocycles. The molecule has 0 bridgehead atoms. The van der Waals surface area contributed by atoms with Crippen LogP contribution >= 0.6 is 0 Å². The van der Waals surface area contributed by atoms with Gasteiger partial charge in [-0.05, 0) is 50.6 Å². The SMILES string of the molecule is CC(C)(C)OC(=O)N1CCc2nc(-c3ccc(F)c(F)c3)c(C#N)cc2C1. The zero-order valence-corrected chi connectivity index (χ0v) is 15.3. The maximum atomic E-state index is 13.6. The molecule has 0 aliphatic carbocycles. The molecule has 5 nitrogen and oxygen atoms in total. The molecular formula is C20H19F2N3O2. The second-order valence-electron chi connectivity index (χ2n) is 7.38. The summed E-state index contributed by atoms with van der Waals surface area (Å²) in [5.74, 6) is -1.95. The van der Waals surface area contributed by atoms with Gasteiger partial charge in [-0.1, -0.05) is 0 Å². The van der Waals surface area contributed by atoms with Crippen molar-refractivity contribution in [3.8, 4) is 17.3 Å². The van der Waals surface area contributed by atoms with Crippen molar-refractivity contribution >= 4 is 6.09 Å². The van der Waals surface area contributed by atoms with Gasteiger partial charge in [0, 0.05) is 24.2 Å². The van der Waals surface area contributed by atoms with Crippen LogP contribution in [0.4, 0.5) is 13.6 Å². The topological polar surface area (TPSA) is 66.2 Å². The summed E-state index contributed by atoms with van der Waals surface area (Å²) in [5, 5.41) is 9.47. The van der Waals surface area contributed by atoms with Gasteiger partial charge in [0.05, 0.1) is 17.8 Å². The number of fused-ring (bicyclic) bond motifs is 1. The van der Waals surface area contributed by atoms with Crippen LogP contribution in [0.25, 0.3) is 11.3 Å². The van der Waals surface area contributed by atoms with Gasteiger partial charge in [-0.15, -0.1) is 0 Å². The second kappa shape index (κ2) is 6.95. The van der Waals surface area contributed by atoms with E-state index in [9.17, 15) is 18.8 Å². The van der Waals surface area contributed by atoms with Crippen molar-refractivity contribution < 1.29 is 18.3 Å². The van der Waals surface area contributed by atoms with Gasteiger partial charge in [0.2, 0.25) is 0 Å². The minimum absolute atomic E-state index is 0.241. The van der Waals surface area contributed by atoms with Gasteiger partial charge in [0.1, 0.15) is 11.7 Å². The molecule has 2 heterocycles. The van der Waals surface area contributed by atoms with Crippen molar-refractivity contribution in [2.24, 2.45) is 0 Å². The molecule has 2 aromatic rings. The number of halogens is 2. The number of nitrogens with zero attached hydrogens (tertiary/aromatic N) is 3. The molecule has 0 unspecified atom stereocenters. The lowest BCUT2D eigenvalue weighted by atomic mass is 9.99. The normalized spacial score (nSPS) is 13.7. The first-order valence-electron chi connectivity index (χ1n) is 8.54. The Kier molecular flexibility index (Phi) is 4.83. The summed E-state index contributed by atoms with van der Waals surface area (Å²) < 4.78 is 32.2. The maximum absolute atomic E-state index is 13.6. The number of aromatic nitrogens is 1. The molecule has 1 aliphatic heterocycles. The average Bonchev–Trinajstić information content (AvgIpc) is 2.61. The zero-order valence-electron chi connectivity index (χ0n) is 15.3. The fraction of sp³-hybridized carbons (Fsp3) is 0.350. The van der Waals surface area contributed by atoms with Gasteiger partial charge in [-0.25, -0.2) is 13.6 Å². The van der Waals surface area contributed by atoms with Gasteiger partial charge in [0.25, 0.3) is 0 Å². The van der Waals surface area contributed by atoms with E-state index in [1.54, 1.807) is 31.7 Å². The quantitative estimate of drug-likeness (QED) is 0.754. The van der Waals surface area contributed by atoms with Gasteiger partial charge < -0.3 is 9.64 Å². The molecule has 1 aromatic heterocycles. The fourth-order valence-electron chi connectivity index (χ4n) is 2.90. The summed E-state index contributed by atoms with van der Waals surface area (Å²) in [5.41, 5.74) is 1.77. The van der Waals surface area contributed by atoms with Gasteiger partial charge in [0.15, 0.2) is 11.6 Å². The fourth-order valence-corrected chi connectivity index (χ4v) is 2.90. The number of benzene rings is 1. The highest BCUT2D eigenvalue weighted by Gasteiger charge is 2.27. The number of carbonyl (C=O) groups excluding carboxylic acids is 1. The molecule has 1 aliphatic rings. The van der Waals surface area contributed by atoms with Crippen LogP contribution < -0.4 is 0 Å². The summed E-state index contributed by atoms with van der Waals surface area (Å²) in [4.78, 5) is 18.3. The summed E-state index contributed by atoms with van der Waals surface area (Å²) in [6.07, 6.45) is 0.0630. The highest BCUT2D eigenvalue weighted by atomic mass is 19.2. The number of carbonyl (C=O) groups is 1. The van der Waals surface area contributed by atoms with Gasteiger partial charge in [-0.3, -0.25) is 4.98 Å². The predicted molar refractivity (Wildman–Crippen MR) is 94.7 cm³/mol. The molecule has 0 atom stereocenters. The highest BCUT2D eigenvalue weighted by Crippen LogP contribution is 2.28. The maximum Gasteiger partial charge on any atom is 0.410 e. The van der Waals surface area contributed by atoms with Crippen LogP contribution in [0, 0.1) is 23.0 Å². The largest absolute Gasteiger partial charge is 0.444 e. The first-order valence-corrected chi connectivity index (χ1v) is 8.54. The molecule has 0 saturated carbocycles. The minimum atomic E-state index is -0.994. The first kappa shape index (κ1) is 18.8. The Hall–Kier alpha value is -3.01. The Morgan fingerprint density at radius 3 is 2.63 bits per heavy atom. The lowest BCUT2D eigenvalue weighted by Gasteiger charge is -2.31. The molecule has 0 spiro atoms. The molecule has 0 fully saturated rings.